The molecular formula is C16H19NO3S. The van der Waals surface area contributed by atoms with Crippen molar-refractivity contribution in [2.45, 2.75) is 37.5 Å². The van der Waals surface area contributed by atoms with Gasteiger partial charge in [-0.15, -0.1) is 0 Å². The molecule has 21 heavy (non-hydrogen) atoms. The third kappa shape index (κ3) is 2.93. The molecule has 1 heterocycles. The summed E-state index contributed by atoms with van der Waals surface area (Å²) in [6.45, 7) is 5.64. The summed E-state index contributed by atoms with van der Waals surface area (Å²) in [5.41, 5.74) is 2.69. The smallest absolute Gasteiger partial charge is 0.309 e. The molecule has 0 bridgehead atoms. The molecule has 112 valence electrons. The number of pyridine rings is 1. The van der Waals surface area contributed by atoms with E-state index in [0.717, 1.165) is 16.7 Å². The lowest BCUT2D eigenvalue weighted by atomic mass is 10.0. The van der Waals surface area contributed by atoms with Gasteiger partial charge in [-0.3, -0.25) is 0 Å². The zero-order chi connectivity index (χ0) is 15.6. The Kier molecular flexibility index (Phi) is 4.32. The molecule has 4 nitrogen and oxygen atoms in total. The van der Waals surface area contributed by atoms with Crippen LogP contribution in [0.3, 0.4) is 0 Å². The van der Waals surface area contributed by atoms with Gasteiger partial charge in [0.1, 0.15) is 0 Å². The lowest BCUT2D eigenvalue weighted by Crippen LogP contribution is -2.35. The van der Waals surface area contributed by atoms with E-state index in [2.05, 4.69) is 0 Å². The van der Waals surface area contributed by atoms with Gasteiger partial charge in [-0.05, 0) is 37.5 Å². The number of aryl methyl sites for hydroxylation is 2. The first-order chi connectivity index (χ1) is 9.87. The Labute approximate surface area is 125 Å². The summed E-state index contributed by atoms with van der Waals surface area (Å²) < 4.78 is 26.1. The Balaban J connectivity index is 2.60. The van der Waals surface area contributed by atoms with Gasteiger partial charge in [-0.25, -0.2) is 8.42 Å². The van der Waals surface area contributed by atoms with Crippen molar-refractivity contribution in [2.75, 3.05) is 0 Å². The van der Waals surface area contributed by atoms with Crippen molar-refractivity contribution < 1.29 is 13.1 Å². The fraction of sp³-hybridized carbons (Fsp3) is 0.312. The topological polar surface area (TPSA) is 61.1 Å². The summed E-state index contributed by atoms with van der Waals surface area (Å²) in [4.78, 5) is 0. The van der Waals surface area contributed by atoms with Gasteiger partial charge in [0.2, 0.25) is 9.84 Å². The minimum Gasteiger partial charge on any atom is -0.618 e. The number of benzene rings is 1. The third-order valence-electron chi connectivity index (χ3n) is 3.61. The Morgan fingerprint density at radius 3 is 2.52 bits per heavy atom. The van der Waals surface area contributed by atoms with Crippen molar-refractivity contribution in [2.24, 2.45) is 0 Å². The molecule has 0 aliphatic carbocycles. The molecule has 0 saturated carbocycles. The summed E-state index contributed by atoms with van der Waals surface area (Å²) >= 11 is 0. The molecule has 2 aromatic rings. The predicted octanol–water partition coefficient (Wildman–Crippen LogP) is 2.86. The van der Waals surface area contributed by atoms with Crippen molar-refractivity contribution in [3.05, 3.63) is 64.5 Å². The van der Waals surface area contributed by atoms with Gasteiger partial charge in [0.15, 0.2) is 6.20 Å². The highest BCUT2D eigenvalue weighted by Gasteiger charge is 2.34. The van der Waals surface area contributed by atoms with Crippen LogP contribution in [0, 0.1) is 19.1 Å². The maximum atomic E-state index is 12.8. The molecule has 1 atom stereocenters. The first kappa shape index (κ1) is 15.5. The molecule has 0 N–H and O–H groups in total. The second-order valence-corrected chi connectivity index (χ2v) is 7.24. The molecule has 2 rings (SSSR count). The predicted molar refractivity (Wildman–Crippen MR) is 81.5 cm³/mol. The van der Waals surface area contributed by atoms with E-state index in [1.807, 2.05) is 39.0 Å². The van der Waals surface area contributed by atoms with Crippen LogP contribution < -0.4 is 4.73 Å². The van der Waals surface area contributed by atoms with Gasteiger partial charge in [0.05, 0.1) is 5.25 Å². The summed E-state index contributed by atoms with van der Waals surface area (Å²) in [7, 11) is -3.72. The molecule has 5 heteroatoms. The van der Waals surface area contributed by atoms with E-state index in [1.165, 1.54) is 18.3 Å². The second kappa shape index (κ2) is 5.85. The van der Waals surface area contributed by atoms with Gasteiger partial charge in [0.25, 0.3) is 0 Å². The van der Waals surface area contributed by atoms with Crippen molar-refractivity contribution in [1.29, 1.82) is 0 Å². The van der Waals surface area contributed by atoms with Crippen LogP contribution in [0.1, 0.15) is 35.3 Å². The lowest BCUT2D eigenvalue weighted by molar-refractivity contribution is -0.646. The van der Waals surface area contributed by atoms with Crippen molar-refractivity contribution >= 4 is 9.84 Å². The molecule has 1 aromatic carbocycles. The molecular weight excluding hydrogens is 286 g/mol. The highest BCUT2D eigenvalue weighted by atomic mass is 32.2. The van der Waals surface area contributed by atoms with Crippen molar-refractivity contribution in [1.82, 2.24) is 0 Å². The van der Waals surface area contributed by atoms with E-state index in [9.17, 15) is 13.6 Å². The highest BCUT2D eigenvalue weighted by molar-refractivity contribution is 7.91. The third-order valence-corrected chi connectivity index (χ3v) is 5.84. The van der Waals surface area contributed by atoms with Crippen LogP contribution in [-0.4, -0.2) is 8.42 Å². The van der Waals surface area contributed by atoms with Gasteiger partial charge in [0, 0.05) is 12.1 Å². The van der Waals surface area contributed by atoms with E-state index in [1.54, 1.807) is 6.07 Å². The number of sulfone groups is 1. The number of hydrogen-bond acceptors (Lipinski definition) is 3. The zero-order valence-corrected chi connectivity index (χ0v) is 13.2. The minimum atomic E-state index is -3.72. The van der Waals surface area contributed by atoms with Crippen LogP contribution in [0.4, 0.5) is 0 Å². The van der Waals surface area contributed by atoms with E-state index in [-0.39, 0.29) is 5.03 Å². The Bertz CT molecular complexity index is 754. The Morgan fingerprint density at radius 2 is 1.90 bits per heavy atom. The number of nitrogens with zero attached hydrogens (tertiary/aromatic N) is 1. The summed E-state index contributed by atoms with van der Waals surface area (Å²) in [5.74, 6) is 0. The average molecular weight is 305 g/mol. The zero-order valence-electron chi connectivity index (χ0n) is 12.4. The normalized spacial score (nSPS) is 13.1. The molecule has 0 saturated heterocycles. The van der Waals surface area contributed by atoms with Crippen LogP contribution in [0.15, 0.2) is 47.6 Å². The van der Waals surface area contributed by atoms with Crippen LogP contribution in [0.25, 0.3) is 0 Å². The summed E-state index contributed by atoms with van der Waals surface area (Å²) in [5, 5.41) is 10.9. The molecule has 0 amide bonds. The molecule has 0 spiro atoms. The van der Waals surface area contributed by atoms with Gasteiger partial charge in [-0.1, -0.05) is 30.7 Å². The van der Waals surface area contributed by atoms with Gasteiger partial charge in [-0.2, -0.15) is 4.73 Å². The summed E-state index contributed by atoms with van der Waals surface area (Å²) in [6, 6.07) is 10.2. The monoisotopic (exact) mass is 305 g/mol. The first-order valence-electron chi connectivity index (χ1n) is 6.87. The molecule has 0 radical (unpaired) electrons. The molecule has 1 aromatic heterocycles. The fourth-order valence-corrected chi connectivity index (χ4v) is 4.39. The quantitative estimate of drug-likeness (QED) is 0.644. The standard InChI is InChI=1S/C16H19NO3S/c1-4-15(14-11-12(2)8-9-13(14)3)21(19,20)16-7-5-6-10-17(16)18/h5-11,15H,4H2,1-3H3. The average Bonchev–Trinajstić information content (AvgIpc) is 2.43. The van der Waals surface area contributed by atoms with E-state index in [0.29, 0.717) is 11.2 Å². The maximum absolute atomic E-state index is 12.8. The van der Waals surface area contributed by atoms with Crippen LogP contribution in [0.5, 0.6) is 0 Å². The SMILES string of the molecule is CCC(c1cc(C)ccc1C)S(=O)(=O)c1cccc[n+]1[O-]. The van der Waals surface area contributed by atoms with Crippen molar-refractivity contribution in [3.8, 4) is 0 Å². The van der Waals surface area contributed by atoms with E-state index in [4.69, 9.17) is 0 Å². The van der Waals surface area contributed by atoms with Gasteiger partial charge >= 0.3 is 5.03 Å². The maximum Gasteiger partial charge on any atom is 0.309 e. The summed E-state index contributed by atoms with van der Waals surface area (Å²) in [6.07, 6.45) is 1.63. The Hall–Kier alpha value is -1.88. The molecule has 1 unspecified atom stereocenters. The van der Waals surface area contributed by atoms with E-state index >= 15 is 0 Å². The fourth-order valence-electron chi connectivity index (χ4n) is 2.49. The number of hydrogen-bond donors (Lipinski definition) is 0. The van der Waals surface area contributed by atoms with E-state index < -0.39 is 15.1 Å². The molecule has 0 aliphatic rings. The molecule has 0 fully saturated rings. The van der Waals surface area contributed by atoms with Crippen molar-refractivity contribution in [3.63, 3.8) is 0 Å². The number of rotatable bonds is 4. The minimum absolute atomic E-state index is 0.197. The lowest BCUT2D eigenvalue weighted by Gasteiger charge is -2.18. The Morgan fingerprint density at radius 1 is 1.19 bits per heavy atom. The van der Waals surface area contributed by atoms with Crippen LogP contribution in [0.2, 0.25) is 0 Å². The molecule has 0 aliphatic heterocycles. The van der Waals surface area contributed by atoms with Gasteiger partial charge < -0.3 is 5.21 Å². The van der Waals surface area contributed by atoms with Crippen LogP contribution in [-0.2, 0) is 9.84 Å². The largest absolute Gasteiger partial charge is 0.618 e. The highest BCUT2D eigenvalue weighted by Crippen LogP contribution is 2.32. The number of aromatic nitrogens is 1. The van der Waals surface area contributed by atoms with Crippen LogP contribution >= 0.6 is 0 Å². The first-order valence-corrected chi connectivity index (χ1v) is 8.41. The second-order valence-electron chi connectivity index (χ2n) is 5.17.